The van der Waals surface area contributed by atoms with E-state index in [1.165, 1.54) is 0 Å². The summed E-state index contributed by atoms with van der Waals surface area (Å²) in [5.74, 6) is 0.465. The summed E-state index contributed by atoms with van der Waals surface area (Å²) in [4.78, 5) is 15.6. The maximum Gasteiger partial charge on any atom is 0.172 e. The average molecular weight is 204 g/mol. The van der Waals surface area contributed by atoms with Gasteiger partial charge in [-0.15, -0.1) is 0 Å². The number of carbonyl (C=O) groups excluding carboxylic acids is 1. The zero-order chi connectivity index (χ0) is 11.4. The maximum atomic E-state index is 11.5. The monoisotopic (exact) mass is 204 g/mol. The van der Waals surface area contributed by atoms with Crippen molar-refractivity contribution in [3.63, 3.8) is 0 Å². The number of hydrogen-bond donors (Lipinski definition) is 1. The van der Waals surface area contributed by atoms with Crippen LogP contribution in [0, 0.1) is 6.92 Å². The minimum Gasteiger partial charge on any atom is -0.387 e. The van der Waals surface area contributed by atoms with Gasteiger partial charge in [0.2, 0.25) is 0 Å². The number of Topliss-reactive ketones (excluding diaryl/α,β-unsaturated/α-hetero) is 1. The van der Waals surface area contributed by atoms with Crippen LogP contribution in [0.5, 0.6) is 0 Å². The fraction of sp³-hybridized carbons (Fsp3) is 0.333. The van der Waals surface area contributed by atoms with E-state index < -0.39 is 0 Å². The van der Waals surface area contributed by atoms with Crippen molar-refractivity contribution in [3.8, 4) is 0 Å². The van der Waals surface area contributed by atoms with E-state index >= 15 is 0 Å². The molecule has 0 saturated heterocycles. The molecule has 0 aliphatic carbocycles. The van der Waals surface area contributed by atoms with Crippen molar-refractivity contribution in [2.24, 2.45) is 10.7 Å². The van der Waals surface area contributed by atoms with Gasteiger partial charge >= 0.3 is 0 Å². The summed E-state index contributed by atoms with van der Waals surface area (Å²) in [7, 11) is 0. The van der Waals surface area contributed by atoms with Crippen molar-refractivity contribution in [3.05, 3.63) is 29.3 Å². The molecule has 3 nitrogen and oxygen atoms in total. The molecule has 2 rings (SSSR count). The largest absolute Gasteiger partial charge is 0.387 e. The average Bonchev–Trinajstić information content (AvgIpc) is 2.22. The SMILES string of the molecule is CC.Cc1ccc2c(c1)C(=O)CC(N)=N2. The molecule has 0 unspecified atom stereocenters. The second kappa shape index (κ2) is 4.73. The Hall–Kier alpha value is -1.64. The number of ketones is 1. The van der Waals surface area contributed by atoms with Gasteiger partial charge in [-0.3, -0.25) is 4.79 Å². The molecule has 0 radical (unpaired) electrons. The molecule has 0 bridgehead atoms. The lowest BCUT2D eigenvalue weighted by molar-refractivity contribution is 0.0999. The van der Waals surface area contributed by atoms with Crippen molar-refractivity contribution >= 4 is 17.3 Å². The Kier molecular flexibility index (Phi) is 3.61. The summed E-state index contributed by atoms with van der Waals surface area (Å²) >= 11 is 0. The van der Waals surface area contributed by atoms with Gasteiger partial charge in [-0.25, -0.2) is 4.99 Å². The van der Waals surface area contributed by atoms with E-state index in [0.29, 0.717) is 17.1 Å². The molecule has 0 amide bonds. The van der Waals surface area contributed by atoms with Crippen LogP contribution >= 0.6 is 0 Å². The summed E-state index contributed by atoms with van der Waals surface area (Å²) in [6.07, 6.45) is 0.246. The molecule has 0 fully saturated rings. The van der Waals surface area contributed by atoms with Crippen LogP contribution in [0.1, 0.15) is 36.2 Å². The van der Waals surface area contributed by atoms with Crippen molar-refractivity contribution in [1.29, 1.82) is 0 Å². The van der Waals surface area contributed by atoms with Crippen LogP contribution in [-0.4, -0.2) is 11.6 Å². The minimum atomic E-state index is 0.0613. The number of amidine groups is 1. The number of rotatable bonds is 0. The fourth-order valence-electron chi connectivity index (χ4n) is 1.42. The van der Waals surface area contributed by atoms with Crippen LogP contribution < -0.4 is 5.73 Å². The van der Waals surface area contributed by atoms with Gasteiger partial charge in [0.15, 0.2) is 5.78 Å². The van der Waals surface area contributed by atoms with E-state index in [0.717, 1.165) is 5.56 Å². The van der Waals surface area contributed by atoms with Gasteiger partial charge < -0.3 is 5.73 Å². The number of carbonyl (C=O) groups is 1. The first-order chi connectivity index (χ1) is 7.16. The molecular formula is C12H16N2O. The molecule has 80 valence electrons. The zero-order valence-corrected chi connectivity index (χ0v) is 9.37. The van der Waals surface area contributed by atoms with E-state index in [1.807, 2.05) is 39.0 Å². The number of nitrogens with zero attached hydrogens (tertiary/aromatic N) is 1. The van der Waals surface area contributed by atoms with Crippen molar-refractivity contribution in [2.45, 2.75) is 27.2 Å². The highest BCUT2D eigenvalue weighted by molar-refractivity contribution is 6.14. The van der Waals surface area contributed by atoms with Crippen LogP contribution in [-0.2, 0) is 0 Å². The Morgan fingerprint density at radius 2 is 2.00 bits per heavy atom. The van der Waals surface area contributed by atoms with Gasteiger partial charge in [-0.2, -0.15) is 0 Å². The van der Waals surface area contributed by atoms with Gasteiger partial charge in [0, 0.05) is 5.56 Å². The quantitative estimate of drug-likeness (QED) is 0.706. The Labute approximate surface area is 90.0 Å². The molecule has 0 saturated carbocycles. The zero-order valence-electron chi connectivity index (χ0n) is 9.37. The van der Waals surface area contributed by atoms with Crippen LogP contribution in [0.3, 0.4) is 0 Å². The molecule has 0 spiro atoms. The second-order valence-electron chi connectivity index (χ2n) is 3.22. The third kappa shape index (κ3) is 2.43. The third-order valence-corrected chi connectivity index (χ3v) is 2.06. The number of aliphatic imine (C=N–C) groups is 1. The highest BCUT2D eigenvalue weighted by Crippen LogP contribution is 2.25. The summed E-state index contributed by atoms with van der Waals surface area (Å²) in [5, 5.41) is 0. The molecule has 15 heavy (non-hydrogen) atoms. The Morgan fingerprint density at radius 1 is 1.33 bits per heavy atom. The number of nitrogens with two attached hydrogens (primary N) is 1. The Morgan fingerprint density at radius 3 is 2.67 bits per heavy atom. The normalized spacial score (nSPS) is 13.5. The molecule has 1 aliphatic rings. The van der Waals surface area contributed by atoms with Crippen LogP contribution in [0.15, 0.2) is 23.2 Å². The van der Waals surface area contributed by atoms with E-state index in [2.05, 4.69) is 4.99 Å². The lowest BCUT2D eigenvalue weighted by atomic mass is 10.0. The smallest absolute Gasteiger partial charge is 0.172 e. The highest BCUT2D eigenvalue weighted by atomic mass is 16.1. The first-order valence-electron chi connectivity index (χ1n) is 5.14. The summed E-state index contributed by atoms with van der Waals surface area (Å²) in [6, 6.07) is 5.61. The summed E-state index contributed by atoms with van der Waals surface area (Å²) in [5.41, 5.74) is 7.96. The molecule has 1 aromatic carbocycles. The first kappa shape index (κ1) is 11.4. The van der Waals surface area contributed by atoms with Crippen LogP contribution in [0.4, 0.5) is 5.69 Å². The van der Waals surface area contributed by atoms with Gasteiger partial charge in [-0.1, -0.05) is 25.5 Å². The van der Waals surface area contributed by atoms with E-state index in [-0.39, 0.29) is 12.2 Å². The molecule has 2 N–H and O–H groups in total. The van der Waals surface area contributed by atoms with Crippen molar-refractivity contribution < 1.29 is 4.79 Å². The Balaban J connectivity index is 0.000000531. The van der Waals surface area contributed by atoms with E-state index in [9.17, 15) is 4.79 Å². The standard InChI is InChI=1S/C10H10N2O.C2H6/c1-6-2-3-8-7(4-6)9(13)5-10(11)12-8;1-2/h2-4H,5H2,1H3,(H2,11,12);1-2H3. The van der Waals surface area contributed by atoms with Gasteiger partial charge in [0.25, 0.3) is 0 Å². The number of fused-ring (bicyclic) bond motifs is 1. The fourth-order valence-corrected chi connectivity index (χ4v) is 1.42. The minimum absolute atomic E-state index is 0.0613. The number of hydrogen-bond acceptors (Lipinski definition) is 3. The molecule has 0 aromatic heterocycles. The molecule has 3 heteroatoms. The lowest BCUT2D eigenvalue weighted by Gasteiger charge is -2.11. The van der Waals surface area contributed by atoms with Crippen molar-refractivity contribution in [1.82, 2.24) is 0 Å². The van der Waals surface area contributed by atoms with E-state index in [1.54, 1.807) is 0 Å². The molecule has 1 aliphatic heterocycles. The second-order valence-corrected chi connectivity index (χ2v) is 3.22. The molecule has 0 atom stereocenters. The first-order valence-corrected chi connectivity index (χ1v) is 5.14. The summed E-state index contributed by atoms with van der Waals surface area (Å²) < 4.78 is 0. The van der Waals surface area contributed by atoms with Gasteiger partial charge in [-0.05, 0) is 19.1 Å². The van der Waals surface area contributed by atoms with Gasteiger partial charge in [0.05, 0.1) is 12.1 Å². The maximum absolute atomic E-state index is 11.5. The Bertz CT molecular complexity index is 408. The number of benzene rings is 1. The topological polar surface area (TPSA) is 55.5 Å². The van der Waals surface area contributed by atoms with Gasteiger partial charge in [0.1, 0.15) is 5.84 Å². The predicted octanol–water partition coefficient (Wildman–Crippen LogP) is 2.60. The molecule has 1 heterocycles. The summed E-state index contributed by atoms with van der Waals surface area (Å²) in [6.45, 7) is 5.95. The van der Waals surface area contributed by atoms with Crippen LogP contribution in [0.2, 0.25) is 0 Å². The van der Waals surface area contributed by atoms with Crippen LogP contribution in [0.25, 0.3) is 0 Å². The number of aryl methyl sites for hydroxylation is 1. The van der Waals surface area contributed by atoms with Crippen molar-refractivity contribution in [2.75, 3.05) is 0 Å². The lowest BCUT2D eigenvalue weighted by Crippen LogP contribution is -2.20. The van der Waals surface area contributed by atoms with E-state index in [4.69, 9.17) is 5.73 Å². The third-order valence-electron chi connectivity index (χ3n) is 2.06. The predicted molar refractivity (Wildman–Crippen MR) is 62.8 cm³/mol. The molecule has 1 aromatic rings. The molecular weight excluding hydrogens is 188 g/mol. The highest BCUT2D eigenvalue weighted by Gasteiger charge is 2.17.